The van der Waals surface area contributed by atoms with Crippen LogP contribution in [0, 0.1) is 35.7 Å². The highest BCUT2D eigenvalue weighted by Gasteiger charge is 2.13. The fourth-order valence-electron chi connectivity index (χ4n) is 1.80. The number of anilines is 1. The lowest BCUT2D eigenvalue weighted by molar-refractivity contribution is 0.579. The Morgan fingerprint density at radius 3 is 2.55 bits per heavy atom. The molecule has 0 heterocycles. The number of nitrogens with one attached hydrogen (secondary N) is 1. The minimum Gasteiger partial charge on any atom is -0.376 e. The maximum absolute atomic E-state index is 13.8. The number of hydrogen-bond acceptors (Lipinski definition) is 2. The quantitative estimate of drug-likeness (QED) is 0.923. The van der Waals surface area contributed by atoms with Crippen molar-refractivity contribution in [3.63, 3.8) is 0 Å². The molecule has 0 saturated heterocycles. The highest BCUT2D eigenvalue weighted by molar-refractivity contribution is 5.49. The molecule has 2 rings (SSSR count). The van der Waals surface area contributed by atoms with Gasteiger partial charge in [0.05, 0.1) is 5.56 Å². The molecule has 0 radical (unpaired) electrons. The molecule has 0 aliphatic carbocycles. The van der Waals surface area contributed by atoms with Gasteiger partial charge in [-0.1, -0.05) is 18.2 Å². The van der Waals surface area contributed by atoms with E-state index in [4.69, 9.17) is 5.26 Å². The third-order valence-corrected chi connectivity index (χ3v) is 2.94. The summed E-state index contributed by atoms with van der Waals surface area (Å²) in [5.74, 6) is -2.14. The van der Waals surface area contributed by atoms with E-state index in [2.05, 4.69) is 5.32 Å². The fraction of sp³-hybridized carbons (Fsp3) is 0.133. The molecular formula is C15H11F3N2. The van der Waals surface area contributed by atoms with Gasteiger partial charge in [-0.05, 0) is 24.6 Å². The maximum atomic E-state index is 13.8. The molecule has 2 aromatic rings. The zero-order valence-corrected chi connectivity index (χ0v) is 10.7. The van der Waals surface area contributed by atoms with Crippen LogP contribution in [-0.2, 0) is 6.54 Å². The van der Waals surface area contributed by atoms with E-state index >= 15 is 0 Å². The molecule has 0 aromatic heterocycles. The highest BCUT2D eigenvalue weighted by atomic mass is 19.1. The van der Waals surface area contributed by atoms with Crippen molar-refractivity contribution >= 4 is 5.69 Å². The summed E-state index contributed by atoms with van der Waals surface area (Å²) in [5.41, 5.74) is 0.0609. The molecule has 0 saturated carbocycles. The second-order valence-corrected chi connectivity index (χ2v) is 4.30. The second-order valence-electron chi connectivity index (χ2n) is 4.30. The number of rotatable bonds is 3. The van der Waals surface area contributed by atoms with Crippen LogP contribution in [0.1, 0.15) is 16.7 Å². The van der Waals surface area contributed by atoms with E-state index in [0.717, 1.165) is 6.07 Å². The highest BCUT2D eigenvalue weighted by Crippen LogP contribution is 2.23. The summed E-state index contributed by atoms with van der Waals surface area (Å²) in [5, 5.41) is 11.3. The van der Waals surface area contributed by atoms with Gasteiger partial charge in [0.1, 0.15) is 23.4 Å². The summed E-state index contributed by atoms with van der Waals surface area (Å²) >= 11 is 0. The summed E-state index contributed by atoms with van der Waals surface area (Å²) in [4.78, 5) is 0. The Balaban J connectivity index is 2.27. The van der Waals surface area contributed by atoms with Crippen molar-refractivity contribution in [2.45, 2.75) is 13.5 Å². The van der Waals surface area contributed by atoms with Crippen molar-refractivity contribution in [2.75, 3.05) is 5.32 Å². The molecule has 0 unspecified atom stereocenters. The predicted octanol–water partition coefficient (Wildman–Crippen LogP) is 3.90. The first kappa shape index (κ1) is 13.9. The van der Waals surface area contributed by atoms with Crippen LogP contribution in [0.2, 0.25) is 0 Å². The molecule has 5 heteroatoms. The van der Waals surface area contributed by atoms with Crippen LogP contribution in [0.25, 0.3) is 0 Å². The molecule has 0 aliphatic heterocycles. The molecular weight excluding hydrogens is 265 g/mol. The van der Waals surface area contributed by atoms with Gasteiger partial charge in [-0.2, -0.15) is 5.26 Å². The maximum Gasteiger partial charge on any atom is 0.152 e. The van der Waals surface area contributed by atoms with Gasteiger partial charge >= 0.3 is 0 Å². The predicted molar refractivity (Wildman–Crippen MR) is 69.5 cm³/mol. The van der Waals surface area contributed by atoms with Crippen molar-refractivity contribution in [1.29, 1.82) is 5.26 Å². The van der Waals surface area contributed by atoms with Gasteiger partial charge in [0, 0.05) is 12.1 Å². The van der Waals surface area contributed by atoms with E-state index in [1.54, 1.807) is 6.07 Å². The minimum atomic E-state index is -0.745. The van der Waals surface area contributed by atoms with Crippen molar-refractivity contribution in [3.8, 4) is 6.07 Å². The van der Waals surface area contributed by atoms with Gasteiger partial charge in [-0.25, -0.2) is 13.2 Å². The lowest BCUT2D eigenvalue weighted by atomic mass is 10.1. The first-order chi connectivity index (χ1) is 9.54. The summed E-state index contributed by atoms with van der Waals surface area (Å²) in [7, 11) is 0. The van der Waals surface area contributed by atoms with Crippen molar-refractivity contribution in [2.24, 2.45) is 0 Å². The zero-order valence-electron chi connectivity index (χ0n) is 10.7. The zero-order chi connectivity index (χ0) is 14.7. The first-order valence-electron chi connectivity index (χ1n) is 5.90. The Labute approximate surface area is 114 Å². The van der Waals surface area contributed by atoms with Crippen LogP contribution in [-0.4, -0.2) is 0 Å². The first-order valence-corrected chi connectivity index (χ1v) is 5.90. The van der Waals surface area contributed by atoms with E-state index in [9.17, 15) is 13.2 Å². The number of nitriles is 1. The van der Waals surface area contributed by atoms with Gasteiger partial charge in [0.15, 0.2) is 5.82 Å². The van der Waals surface area contributed by atoms with E-state index in [1.165, 1.54) is 31.2 Å². The van der Waals surface area contributed by atoms with Gasteiger partial charge in [0.25, 0.3) is 0 Å². The van der Waals surface area contributed by atoms with Gasteiger partial charge in [-0.3, -0.25) is 0 Å². The normalized spacial score (nSPS) is 10.2. The molecule has 2 nitrogen and oxygen atoms in total. The van der Waals surface area contributed by atoms with E-state index in [0.29, 0.717) is 5.56 Å². The summed E-state index contributed by atoms with van der Waals surface area (Å²) in [6, 6.07) is 8.49. The van der Waals surface area contributed by atoms with Gasteiger partial charge in [-0.15, -0.1) is 0 Å². The number of halogens is 3. The Hall–Kier alpha value is -2.48. The summed E-state index contributed by atoms with van der Waals surface area (Å²) < 4.78 is 41.1. The van der Waals surface area contributed by atoms with Crippen LogP contribution >= 0.6 is 0 Å². The van der Waals surface area contributed by atoms with E-state index < -0.39 is 17.5 Å². The van der Waals surface area contributed by atoms with Crippen LogP contribution < -0.4 is 5.32 Å². The average molecular weight is 276 g/mol. The molecule has 0 spiro atoms. The van der Waals surface area contributed by atoms with E-state index in [-0.39, 0.29) is 23.4 Å². The van der Waals surface area contributed by atoms with Crippen LogP contribution in [0.15, 0.2) is 30.3 Å². The molecule has 0 bridgehead atoms. The van der Waals surface area contributed by atoms with Crippen LogP contribution in [0.5, 0.6) is 0 Å². The van der Waals surface area contributed by atoms with E-state index in [1.807, 2.05) is 0 Å². The standard InChI is InChI=1S/C15H11F3N2/c1-9-5-6-12(16)15(13(9)17)20-8-11-4-2-3-10(7-19)14(11)18/h2-6,20H,8H2,1H3. The molecule has 2 aromatic carbocycles. The largest absolute Gasteiger partial charge is 0.376 e. The number of aryl methyl sites for hydroxylation is 1. The molecule has 0 fully saturated rings. The monoisotopic (exact) mass is 276 g/mol. The van der Waals surface area contributed by atoms with Crippen LogP contribution in [0.3, 0.4) is 0 Å². The smallest absolute Gasteiger partial charge is 0.152 e. The third-order valence-electron chi connectivity index (χ3n) is 2.94. The second kappa shape index (κ2) is 5.66. The number of hydrogen-bond donors (Lipinski definition) is 1. The van der Waals surface area contributed by atoms with Crippen molar-refractivity contribution in [1.82, 2.24) is 0 Å². The average Bonchev–Trinajstić information content (AvgIpc) is 2.44. The number of benzene rings is 2. The topological polar surface area (TPSA) is 35.8 Å². The Morgan fingerprint density at radius 1 is 1.10 bits per heavy atom. The molecule has 102 valence electrons. The molecule has 1 N–H and O–H groups in total. The molecule has 0 aliphatic rings. The fourth-order valence-corrected chi connectivity index (χ4v) is 1.80. The lowest BCUT2D eigenvalue weighted by Crippen LogP contribution is -2.07. The SMILES string of the molecule is Cc1ccc(F)c(NCc2cccc(C#N)c2F)c1F. The third kappa shape index (κ3) is 2.59. The van der Waals surface area contributed by atoms with Crippen LogP contribution in [0.4, 0.5) is 18.9 Å². The molecule has 20 heavy (non-hydrogen) atoms. The van der Waals surface area contributed by atoms with Gasteiger partial charge in [0.2, 0.25) is 0 Å². The van der Waals surface area contributed by atoms with Crippen molar-refractivity contribution in [3.05, 3.63) is 64.5 Å². The number of nitrogens with zero attached hydrogens (tertiary/aromatic N) is 1. The Bertz CT molecular complexity index is 690. The summed E-state index contributed by atoms with van der Waals surface area (Å²) in [6.45, 7) is 1.40. The van der Waals surface area contributed by atoms with Crippen molar-refractivity contribution < 1.29 is 13.2 Å². The Morgan fingerprint density at radius 2 is 1.85 bits per heavy atom. The minimum absolute atomic E-state index is 0.102. The molecule has 0 amide bonds. The Kier molecular flexibility index (Phi) is 3.94. The molecule has 0 atom stereocenters. The summed E-state index contributed by atoms with van der Waals surface area (Å²) in [6.07, 6.45) is 0. The lowest BCUT2D eigenvalue weighted by Gasteiger charge is -2.11. The van der Waals surface area contributed by atoms with Gasteiger partial charge < -0.3 is 5.32 Å².